The fourth-order valence-corrected chi connectivity index (χ4v) is 0. The fraction of sp³-hybridized carbons (Fsp3) is 0. The number of nitrogens with zero attached hydrogens (tertiary/aromatic N) is 3. The van der Waals surface area contributed by atoms with Crippen molar-refractivity contribution in [2.24, 2.45) is 10.7 Å². The van der Waals surface area contributed by atoms with Gasteiger partial charge in [0.1, 0.15) is 0 Å². The van der Waals surface area contributed by atoms with Gasteiger partial charge in [0.05, 0.1) is 5.09 Å². The summed E-state index contributed by atoms with van der Waals surface area (Å²) in [4.78, 5) is 24.2. The van der Waals surface area contributed by atoms with Gasteiger partial charge in [-0.15, -0.1) is 10.7 Å². The van der Waals surface area contributed by atoms with E-state index >= 15 is 0 Å². The first-order valence-corrected chi connectivity index (χ1v) is 1.28. The molecule has 0 aliphatic heterocycles. The molecule has 4 N–H and O–H groups in total. The van der Waals surface area contributed by atoms with Crippen LogP contribution in [0.3, 0.4) is 0 Å². The van der Waals surface area contributed by atoms with Crippen molar-refractivity contribution in [1.29, 1.82) is 0 Å². The standard InChI is InChI=1S/NO3.2HNO2.2H2N.Pt/c2-1(3)4;2*2-1-3;;;/h;2*(H,2,3);2*1H2;/q-1;;;2*-1;+4/p-2. The molecule has 0 saturated carbocycles. The topological polar surface area (TPSA) is 238 Å². The van der Waals surface area contributed by atoms with Crippen LogP contribution in [0.5, 0.6) is 0 Å². The van der Waals surface area contributed by atoms with E-state index < -0.39 is 5.09 Å². The van der Waals surface area contributed by atoms with Crippen molar-refractivity contribution in [3.8, 4) is 0 Å². The Balaban J connectivity index is -0.0000000128. The Morgan fingerprint density at radius 2 is 0.923 bits per heavy atom. The Bertz CT molecular complexity index is 84.9. The van der Waals surface area contributed by atoms with Gasteiger partial charge in [-0.2, -0.15) is 0 Å². The van der Waals surface area contributed by atoms with Gasteiger partial charge in [0.2, 0.25) is 0 Å². The average Bonchev–Trinajstić information content (AvgIpc) is 1.65. The number of rotatable bonds is 0. The Kier molecular flexibility index (Phi) is 240. The number of nitrogens with two attached hydrogens (primary N) is 2. The molecular formula is H4N5O7Pt-. The third kappa shape index (κ3) is 406. The van der Waals surface area contributed by atoms with Gasteiger partial charge in [-0.1, -0.05) is 0 Å². The molecule has 13 heteroatoms. The maximum Gasteiger partial charge on any atom is 4.00 e. The maximum absolute atomic E-state index is 8.25. The zero-order chi connectivity index (χ0) is 8.99. The molecule has 0 aromatic carbocycles. The Hall–Kier alpha value is -1.39. The summed E-state index contributed by atoms with van der Waals surface area (Å²) >= 11 is 0. The van der Waals surface area contributed by atoms with E-state index in [0.29, 0.717) is 0 Å². The van der Waals surface area contributed by atoms with Crippen molar-refractivity contribution in [3.05, 3.63) is 47.9 Å². The summed E-state index contributed by atoms with van der Waals surface area (Å²) in [6.07, 6.45) is 0. The normalized spacial score (nSPS) is 3.69. The van der Waals surface area contributed by atoms with Crippen LogP contribution < -0.4 is 0 Å². The largest absolute Gasteiger partial charge is 4.00 e. The van der Waals surface area contributed by atoms with Gasteiger partial charge in [0.15, 0.2) is 0 Å². The molecule has 0 aromatic rings. The van der Waals surface area contributed by atoms with Crippen LogP contribution in [0.25, 0.3) is 12.3 Å². The molecule has 0 unspecified atom stereocenters. The van der Waals surface area contributed by atoms with Crippen LogP contribution in [-0.4, -0.2) is 5.09 Å². The molecule has 0 aliphatic carbocycles. The second-order valence-corrected chi connectivity index (χ2v) is 0.373. The van der Waals surface area contributed by atoms with Crippen molar-refractivity contribution in [2.45, 2.75) is 0 Å². The SMILES string of the molecule is O=N[O-].O=N[O-].O=[N+]([O-])[O-].[NH2-].[NH2-].[Pt+4]. The Morgan fingerprint density at radius 1 is 0.923 bits per heavy atom. The van der Waals surface area contributed by atoms with Crippen molar-refractivity contribution in [1.82, 2.24) is 0 Å². The summed E-state index contributed by atoms with van der Waals surface area (Å²) in [5.74, 6) is 0. The third-order valence-corrected chi connectivity index (χ3v) is 0. The second-order valence-electron chi connectivity index (χ2n) is 0.373. The van der Waals surface area contributed by atoms with Crippen molar-refractivity contribution < 1.29 is 26.2 Å². The predicted octanol–water partition coefficient (Wildman–Crippen LogP) is 1.69. The molecule has 82 valence electrons. The van der Waals surface area contributed by atoms with Crippen molar-refractivity contribution in [3.63, 3.8) is 0 Å². The van der Waals surface area contributed by atoms with Crippen LogP contribution in [0.2, 0.25) is 0 Å². The van der Waals surface area contributed by atoms with Crippen molar-refractivity contribution >= 4 is 0 Å². The summed E-state index contributed by atoms with van der Waals surface area (Å²) in [6.45, 7) is 0. The molecule has 0 amide bonds. The van der Waals surface area contributed by atoms with Gasteiger partial charge < -0.3 is 47.9 Å². The van der Waals surface area contributed by atoms with E-state index in [2.05, 4.69) is 0 Å². The Morgan fingerprint density at radius 3 is 0.923 bits per heavy atom. The summed E-state index contributed by atoms with van der Waals surface area (Å²) in [7, 11) is 0. The van der Waals surface area contributed by atoms with Crippen LogP contribution in [0.4, 0.5) is 0 Å². The molecule has 0 bridgehead atoms. The van der Waals surface area contributed by atoms with Gasteiger partial charge in [0, 0.05) is 0 Å². The first-order chi connectivity index (χ1) is 4.56. The molecule has 0 fully saturated rings. The van der Waals surface area contributed by atoms with E-state index in [4.69, 9.17) is 35.6 Å². The predicted molar refractivity (Wildman–Crippen MR) is 39.3 cm³/mol. The van der Waals surface area contributed by atoms with E-state index in [-0.39, 0.29) is 33.4 Å². The van der Waals surface area contributed by atoms with Crippen LogP contribution in [-0.2, 0) is 21.1 Å². The van der Waals surface area contributed by atoms with Gasteiger partial charge in [0.25, 0.3) is 0 Å². The number of hydrogen-bond donors (Lipinski definition) is 0. The summed E-state index contributed by atoms with van der Waals surface area (Å²) in [5, 5.41) is 32.8. The van der Waals surface area contributed by atoms with Crippen LogP contribution in [0.1, 0.15) is 0 Å². The smallest absolute Gasteiger partial charge is 0.693 e. The molecular weight excluding hydrogens is 377 g/mol. The van der Waals surface area contributed by atoms with Crippen molar-refractivity contribution in [2.75, 3.05) is 0 Å². The zero-order valence-electron chi connectivity index (χ0n) is 5.67. The minimum Gasteiger partial charge on any atom is -0.693 e. The van der Waals surface area contributed by atoms with Gasteiger partial charge in [-0.3, -0.25) is 0 Å². The van der Waals surface area contributed by atoms with Gasteiger partial charge >= 0.3 is 21.1 Å². The Labute approximate surface area is 85.3 Å². The second kappa shape index (κ2) is 75.2. The monoisotopic (exact) mass is 381 g/mol. The maximum atomic E-state index is 8.25. The van der Waals surface area contributed by atoms with Crippen LogP contribution in [0, 0.1) is 35.6 Å². The first-order valence-electron chi connectivity index (χ1n) is 1.28. The molecule has 0 atom stereocenters. The summed E-state index contributed by atoms with van der Waals surface area (Å²) in [6, 6.07) is 0. The quantitative estimate of drug-likeness (QED) is 0.341. The molecule has 0 radical (unpaired) electrons. The minimum atomic E-state index is -1.75. The molecule has 0 heterocycles. The summed E-state index contributed by atoms with van der Waals surface area (Å²) in [5.41, 5.74) is 0. The van der Waals surface area contributed by atoms with E-state index in [1.54, 1.807) is 0 Å². The fourth-order valence-electron chi connectivity index (χ4n) is 0. The van der Waals surface area contributed by atoms with Gasteiger partial charge in [-0.25, -0.2) is 0 Å². The molecule has 0 aliphatic rings. The zero-order valence-corrected chi connectivity index (χ0v) is 7.94. The van der Waals surface area contributed by atoms with E-state index in [1.165, 1.54) is 0 Å². The van der Waals surface area contributed by atoms with Crippen LogP contribution >= 0.6 is 0 Å². The summed E-state index contributed by atoms with van der Waals surface area (Å²) < 4.78 is 0. The molecule has 0 saturated heterocycles. The van der Waals surface area contributed by atoms with Gasteiger partial charge in [-0.05, 0) is 0 Å². The first kappa shape index (κ1) is 41.5. The molecule has 13 heavy (non-hydrogen) atoms. The molecule has 0 aromatic heterocycles. The minimum absolute atomic E-state index is 0. The van der Waals surface area contributed by atoms with E-state index in [9.17, 15) is 0 Å². The van der Waals surface area contributed by atoms with Crippen LogP contribution in [0.15, 0.2) is 10.7 Å². The average molecular weight is 381 g/mol. The van der Waals surface area contributed by atoms with E-state index in [1.807, 2.05) is 0 Å². The molecule has 0 rings (SSSR count). The number of hydrogen-bond acceptors (Lipinski definition) is 9. The van der Waals surface area contributed by atoms with E-state index in [0.717, 1.165) is 10.7 Å². The molecule has 12 nitrogen and oxygen atoms in total. The molecule has 0 spiro atoms. The third-order valence-electron chi connectivity index (χ3n) is 0.